The average molecular weight is 280 g/mol. The number of carbonyl (C=O) groups is 1. The van der Waals surface area contributed by atoms with Gasteiger partial charge in [0, 0.05) is 11.8 Å². The van der Waals surface area contributed by atoms with Gasteiger partial charge in [-0.25, -0.2) is 0 Å². The Kier molecular flexibility index (Phi) is 2.66. The number of Topliss-reactive ketones (excluding diaryl/α,β-unsaturated/α-hetero) is 1. The zero-order valence-corrected chi connectivity index (χ0v) is 12.6. The highest BCUT2D eigenvalue weighted by molar-refractivity contribution is 5.92. The van der Waals surface area contributed by atoms with E-state index in [0.717, 1.165) is 31.4 Å². The summed E-state index contributed by atoms with van der Waals surface area (Å²) in [5, 5.41) is 2.57. The summed E-state index contributed by atoms with van der Waals surface area (Å²) in [6, 6.07) is 10.7. The largest absolute Gasteiger partial charge is 0.497 e. The fraction of sp³-hybridized carbons (Fsp3) is 0.421. The molecule has 21 heavy (non-hydrogen) atoms. The highest BCUT2D eigenvalue weighted by Gasteiger charge is 2.49. The summed E-state index contributed by atoms with van der Waals surface area (Å²) in [7, 11) is 1.70. The van der Waals surface area contributed by atoms with Gasteiger partial charge in [-0.1, -0.05) is 25.1 Å². The Bertz CT molecular complexity index is 747. The Hall–Kier alpha value is -1.83. The van der Waals surface area contributed by atoms with E-state index in [1.807, 2.05) is 6.07 Å². The quantitative estimate of drug-likeness (QED) is 0.780. The molecule has 2 atom stereocenters. The number of ketones is 1. The molecule has 2 heteroatoms. The molecule has 0 amide bonds. The SMILES string of the molecule is COc1ccc2c3c(ccc2c1)[C@@H]1CCC(=O)[C@]1(C)CC3. The third-order valence-corrected chi connectivity index (χ3v) is 5.71. The van der Waals surface area contributed by atoms with Gasteiger partial charge in [0.1, 0.15) is 11.5 Å². The van der Waals surface area contributed by atoms with Crippen molar-refractivity contribution in [1.29, 1.82) is 0 Å². The summed E-state index contributed by atoms with van der Waals surface area (Å²) in [6.45, 7) is 2.17. The van der Waals surface area contributed by atoms with E-state index in [2.05, 4.69) is 31.2 Å². The topological polar surface area (TPSA) is 26.3 Å². The van der Waals surface area contributed by atoms with Crippen molar-refractivity contribution in [2.75, 3.05) is 7.11 Å². The molecule has 2 aromatic carbocycles. The maximum atomic E-state index is 12.3. The van der Waals surface area contributed by atoms with Crippen molar-refractivity contribution in [2.45, 2.75) is 38.5 Å². The normalized spacial score (nSPS) is 27.5. The summed E-state index contributed by atoms with van der Waals surface area (Å²) in [5.74, 6) is 1.78. The van der Waals surface area contributed by atoms with Crippen LogP contribution in [0.3, 0.4) is 0 Å². The lowest BCUT2D eigenvalue weighted by molar-refractivity contribution is -0.126. The van der Waals surface area contributed by atoms with E-state index < -0.39 is 0 Å². The number of methoxy groups -OCH3 is 1. The van der Waals surface area contributed by atoms with Gasteiger partial charge < -0.3 is 4.74 Å². The van der Waals surface area contributed by atoms with Crippen LogP contribution in [-0.2, 0) is 11.2 Å². The van der Waals surface area contributed by atoms with Crippen molar-refractivity contribution in [1.82, 2.24) is 0 Å². The van der Waals surface area contributed by atoms with Crippen LogP contribution in [-0.4, -0.2) is 12.9 Å². The van der Waals surface area contributed by atoms with Crippen LogP contribution in [0.5, 0.6) is 5.75 Å². The number of fused-ring (bicyclic) bond motifs is 5. The molecule has 2 aliphatic rings. The van der Waals surface area contributed by atoms with E-state index in [9.17, 15) is 4.79 Å². The zero-order valence-electron chi connectivity index (χ0n) is 12.6. The summed E-state index contributed by atoms with van der Waals surface area (Å²) in [5.41, 5.74) is 2.74. The Morgan fingerprint density at radius 1 is 1.19 bits per heavy atom. The Labute approximate surface area is 125 Å². The summed E-state index contributed by atoms with van der Waals surface area (Å²) in [6.07, 6.45) is 3.78. The minimum Gasteiger partial charge on any atom is -0.497 e. The fourth-order valence-corrected chi connectivity index (χ4v) is 4.39. The molecule has 2 aliphatic carbocycles. The second-order valence-corrected chi connectivity index (χ2v) is 6.65. The summed E-state index contributed by atoms with van der Waals surface area (Å²) in [4.78, 5) is 12.3. The third kappa shape index (κ3) is 1.68. The number of carbonyl (C=O) groups excluding carboxylic acids is 1. The van der Waals surface area contributed by atoms with E-state index in [1.54, 1.807) is 7.11 Å². The van der Waals surface area contributed by atoms with Crippen LogP contribution in [0.2, 0.25) is 0 Å². The van der Waals surface area contributed by atoms with Gasteiger partial charge in [-0.3, -0.25) is 4.79 Å². The molecule has 0 aromatic heterocycles. The molecule has 2 aromatic rings. The van der Waals surface area contributed by atoms with Gasteiger partial charge in [-0.15, -0.1) is 0 Å². The minimum absolute atomic E-state index is 0.118. The smallest absolute Gasteiger partial charge is 0.139 e. The van der Waals surface area contributed by atoms with Crippen LogP contribution < -0.4 is 4.74 Å². The molecular weight excluding hydrogens is 260 g/mol. The van der Waals surface area contributed by atoms with E-state index in [1.165, 1.54) is 21.9 Å². The van der Waals surface area contributed by atoms with Crippen molar-refractivity contribution in [3.63, 3.8) is 0 Å². The molecule has 0 aliphatic heterocycles. The molecule has 1 fully saturated rings. The first-order valence-electron chi connectivity index (χ1n) is 7.76. The van der Waals surface area contributed by atoms with E-state index >= 15 is 0 Å². The van der Waals surface area contributed by atoms with E-state index in [-0.39, 0.29) is 5.41 Å². The molecule has 0 unspecified atom stereocenters. The molecule has 4 rings (SSSR count). The summed E-state index contributed by atoms with van der Waals surface area (Å²) < 4.78 is 5.32. The number of aryl methyl sites for hydroxylation is 1. The second-order valence-electron chi connectivity index (χ2n) is 6.65. The first-order valence-corrected chi connectivity index (χ1v) is 7.76. The minimum atomic E-state index is -0.118. The predicted molar refractivity (Wildman–Crippen MR) is 83.9 cm³/mol. The molecule has 108 valence electrons. The maximum absolute atomic E-state index is 12.3. The van der Waals surface area contributed by atoms with Gasteiger partial charge >= 0.3 is 0 Å². The lowest BCUT2D eigenvalue weighted by Gasteiger charge is -2.37. The van der Waals surface area contributed by atoms with Crippen LogP contribution in [0.1, 0.15) is 43.2 Å². The number of rotatable bonds is 1. The summed E-state index contributed by atoms with van der Waals surface area (Å²) >= 11 is 0. The van der Waals surface area contributed by atoms with Gasteiger partial charge in [0.25, 0.3) is 0 Å². The van der Waals surface area contributed by atoms with Crippen LogP contribution in [0.25, 0.3) is 10.8 Å². The average Bonchev–Trinajstić information content (AvgIpc) is 2.82. The molecule has 0 spiro atoms. The van der Waals surface area contributed by atoms with Gasteiger partial charge in [0.2, 0.25) is 0 Å². The van der Waals surface area contributed by atoms with Crippen LogP contribution in [0.15, 0.2) is 30.3 Å². The van der Waals surface area contributed by atoms with Crippen molar-refractivity contribution < 1.29 is 9.53 Å². The molecule has 0 bridgehead atoms. The van der Waals surface area contributed by atoms with Crippen molar-refractivity contribution in [3.8, 4) is 5.75 Å². The molecule has 0 heterocycles. The van der Waals surface area contributed by atoms with E-state index in [4.69, 9.17) is 4.74 Å². The first-order chi connectivity index (χ1) is 10.1. The number of hydrogen-bond donors (Lipinski definition) is 0. The van der Waals surface area contributed by atoms with Crippen molar-refractivity contribution >= 4 is 16.6 Å². The predicted octanol–water partition coefficient (Wildman–Crippen LogP) is 4.25. The maximum Gasteiger partial charge on any atom is 0.139 e. The van der Waals surface area contributed by atoms with Crippen LogP contribution in [0, 0.1) is 5.41 Å². The Morgan fingerprint density at radius 3 is 2.86 bits per heavy atom. The fourth-order valence-electron chi connectivity index (χ4n) is 4.39. The third-order valence-electron chi connectivity index (χ3n) is 5.71. The van der Waals surface area contributed by atoms with Crippen LogP contribution in [0.4, 0.5) is 0 Å². The number of ether oxygens (including phenoxy) is 1. The van der Waals surface area contributed by atoms with Gasteiger partial charge in [-0.05, 0) is 59.2 Å². The Balaban J connectivity index is 1.91. The molecule has 0 saturated heterocycles. The van der Waals surface area contributed by atoms with Crippen molar-refractivity contribution in [3.05, 3.63) is 41.5 Å². The lowest BCUT2D eigenvalue weighted by atomic mass is 9.66. The lowest BCUT2D eigenvalue weighted by Crippen LogP contribution is -2.32. The van der Waals surface area contributed by atoms with Crippen LogP contribution >= 0.6 is 0 Å². The molecule has 0 radical (unpaired) electrons. The monoisotopic (exact) mass is 280 g/mol. The highest BCUT2D eigenvalue weighted by atomic mass is 16.5. The molecule has 2 nitrogen and oxygen atoms in total. The Morgan fingerprint density at radius 2 is 2.05 bits per heavy atom. The van der Waals surface area contributed by atoms with Gasteiger partial charge in [0.05, 0.1) is 7.11 Å². The first kappa shape index (κ1) is 12.9. The molecular formula is C19H20O2. The molecule has 1 saturated carbocycles. The second kappa shape index (κ2) is 4.33. The highest BCUT2D eigenvalue weighted by Crippen LogP contribution is 2.54. The van der Waals surface area contributed by atoms with Crippen molar-refractivity contribution in [2.24, 2.45) is 5.41 Å². The number of hydrogen-bond acceptors (Lipinski definition) is 2. The standard InChI is InChI=1S/C19H20O2/c1-19-10-9-15-14-6-4-13(21-2)11-12(14)3-5-16(15)17(19)7-8-18(19)20/h3-6,11,17H,7-10H2,1-2H3/t17-,19+/m0/s1. The zero-order chi connectivity index (χ0) is 14.6. The number of benzene rings is 2. The van der Waals surface area contributed by atoms with E-state index in [0.29, 0.717) is 11.7 Å². The molecule has 0 N–H and O–H groups in total. The van der Waals surface area contributed by atoms with Gasteiger partial charge in [0.15, 0.2) is 0 Å². The van der Waals surface area contributed by atoms with Gasteiger partial charge in [-0.2, -0.15) is 0 Å².